The van der Waals surface area contributed by atoms with Crippen LogP contribution in [0.5, 0.6) is 0 Å². The van der Waals surface area contributed by atoms with Crippen LogP contribution in [0.2, 0.25) is 0 Å². The maximum atomic E-state index is 11.2. The predicted octanol–water partition coefficient (Wildman–Crippen LogP) is 3.65. The van der Waals surface area contributed by atoms with Gasteiger partial charge in [0.15, 0.2) is 0 Å². The van der Waals surface area contributed by atoms with E-state index in [1.807, 2.05) is 47.8 Å². The van der Waals surface area contributed by atoms with Gasteiger partial charge in [0.25, 0.3) is 0 Å². The zero-order chi connectivity index (χ0) is 12.3. The molecular formula is C14H12O2S. The van der Waals surface area contributed by atoms with Gasteiger partial charge in [-0.2, -0.15) is 0 Å². The number of carboxylic acids is 1. The molecule has 0 saturated heterocycles. The Balaban J connectivity index is 2.62. The first kappa shape index (κ1) is 11.6. The molecule has 0 aliphatic carbocycles. The third-order valence-electron chi connectivity index (χ3n) is 2.53. The second kappa shape index (κ2) is 4.97. The molecule has 2 rings (SSSR count). The molecule has 1 aromatic carbocycles. The van der Waals surface area contributed by atoms with Gasteiger partial charge >= 0.3 is 5.97 Å². The summed E-state index contributed by atoms with van der Waals surface area (Å²) in [5, 5.41) is 11.1. The smallest absolute Gasteiger partial charge is 0.331 e. The van der Waals surface area contributed by atoms with E-state index in [9.17, 15) is 4.79 Å². The van der Waals surface area contributed by atoms with Crippen molar-refractivity contribution in [1.82, 2.24) is 0 Å². The van der Waals surface area contributed by atoms with E-state index >= 15 is 0 Å². The van der Waals surface area contributed by atoms with E-state index in [-0.39, 0.29) is 0 Å². The van der Waals surface area contributed by atoms with Gasteiger partial charge in [0.05, 0.1) is 0 Å². The molecule has 86 valence electrons. The summed E-state index contributed by atoms with van der Waals surface area (Å²) in [7, 11) is 0. The molecule has 1 heterocycles. The number of aliphatic carboxylic acids is 1. The molecule has 2 nitrogen and oxygen atoms in total. The van der Waals surface area contributed by atoms with E-state index in [0.29, 0.717) is 5.57 Å². The van der Waals surface area contributed by atoms with Gasteiger partial charge in [0.1, 0.15) is 0 Å². The van der Waals surface area contributed by atoms with Crippen LogP contribution in [0.3, 0.4) is 0 Å². The minimum absolute atomic E-state index is 0.374. The standard InChI is InChI=1S/C14H12O2S/c1-10(14(15)16)13(12-8-5-9-17-12)11-6-3-2-4-7-11/h2-9H,1H3,(H,15,16). The van der Waals surface area contributed by atoms with Crippen molar-refractivity contribution in [3.8, 4) is 0 Å². The van der Waals surface area contributed by atoms with Crippen LogP contribution in [0.15, 0.2) is 53.4 Å². The third-order valence-corrected chi connectivity index (χ3v) is 3.41. The fraction of sp³-hybridized carbons (Fsp3) is 0.0714. The fourth-order valence-corrected chi connectivity index (χ4v) is 2.53. The second-order valence-electron chi connectivity index (χ2n) is 3.65. The zero-order valence-corrected chi connectivity index (χ0v) is 10.2. The number of hydrogen-bond acceptors (Lipinski definition) is 2. The van der Waals surface area contributed by atoms with Gasteiger partial charge in [0.2, 0.25) is 0 Å². The van der Waals surface area contributed by atoms with E-state index in [2.05, 4.69) is 0 Å². The molecule has 0 atom stereocenters. The Bertz CT molecular complexity index is 539. The van der Waals surface area contributed by atoms with Crippen LogP contribution < -0.4 is 0 Å². The highest BCUT2D eigenvalue weighted by molar-refractivity contribution is 7.11. The number of carbonyl (C=O) groups is 1. The molecule has 2 aromatic rings. The quantitative estimate of drug-likeness (QED) is 0.837. The lowest BCUT2D eigenvalue weighted by molar-refractivity contribution is -0.132. The predicted molar refractivity (Wildman–Crippen MR) is 70.1 cm³/mol. The molecule has 0 spiro atoms. The van der Waals surface area contributed by atoms with Crippen LogP contribution in [0.25, 0.3) is 5.57 Å². The Labute approximate surface area is 104 Å². The highest BCUT2D eigenvalue weighted by atomic mass is 32.1. The van der Waals surface area contributed by atoms with Gasteiger partial charge < -0.3 is 5.11 Å². The molecule has 0 fully saturated rings. The lowest BCUT2D eigenvalue weighted by Crippen LogP contribution is -2.01. The Morgan fingerprint density at radius 2 is 1.82 bits per heavy atom. The molecule has 0 saturated carbocycles. The summed E-state index contributed by atoms with van der Waals surface area (Å²) in [6.45, 7) is 1.64. The lowest BCUT2D eigenvalue weighted by Gasteiger charge is -2.08. The van der Waals surface area contributed by atoms with Crippen LogP contribution in [-0.2, 0) is 4.79 Å². The molecular weight excluding hydrogens is 232 g/mol. The number of carboxylic acid groups (broad SMARTS) is 1. The summed E-state index contributed by atoms with van der Waals surface area (Å²) in [5.74, 6) is -0.878. The van der Waals surface area contributed by atoms with Crippen molar-refractivity contribution in [2.75, 3.05) is 0 Å². The van der Waals surface area contributed by atoms with Gasteiger partial charge in [-0.3, -0.25) is 0 Å². The number of thiophene rings is 1. The third kappa shape index (κ3) is 2.45. The van der Waals surface area contributed by atoms with Crippen LogP contribution in [0.4, 0.5) is 0 Å². The molecule has 0 amide bonds. The lowest BCUT2D eigenvalue weighted by atomic mass is 9.99. The van der Waals surface area contributed by atoms with Crippen molar-refractivity contribution in [1.29, 1.82) is 0 Å². The summed E-state index contributed by atoms with van der Waals surface area (Å²) >= 11 is 1.55. The Morgan fingerprint density at radius 3 is 2.35 bits per heavy atom. The zero-order valence-electron chi connectivity index (χ0n) is 9.38. The first-order valence-corrected chi connectivity index (χ1v) is 6.11. The second-order valence-corrected chi connectivity index (χ2v) is 4.60. The first-order valence-electron chi connectivity index (χ1n) is 5.23. The molecule has 1 aromatic heterocycles. The summed E-state index contributed by atoms with van der Waals surface area (Å²) in [5.41, 5.74) is 2.11. The topological polar surface area (TPSA) is 37.3 Å². The van der Waals surface area contributed by atoms with E-state index < -0.39 is 5.97 Å². The van der Waals surface area contributed by atoms with Crippen LogP contribution in [0, 0.1) is 0 Å². The van der Waals surface area contributed by atoms with Crippen molar-refractivity contribution >= 4 is 22.9 Å². The monoisotopic (exact) mass is 244 g/mol. The summed E-state index contributed by atoms with van der Waals surface area (Å²) < 4.78 is 0. The van der Waals surface area contributed by atoms with E-state index in [4.69, 9.17) is 5.11 Å². The highest BCUT2D eigenvalue weighted by Gasteiger charge is 2.14. The summed E-state index contributed by atoms with van der Waals surface area (Å²) in [6, 6.07) is 13.5. The van der Waals surface area contributed by atoms with Crippen LogP contribution >= 0.6 is 11.3 Å². The maximum Gasteiger partial charge on any atom is 0.331 e. The SMILES string of the molecule is CC(C(=O)O)=C(c1ccccc1)c1cccs1. The minimum atomic E-state index is -0.878. The largest absolute Gasteiger partial charge is 0.478 e. The molecule has 3 heteroatoms. The van der Waals surface area contributed by atoms with Crippen molar-refractivity contribution < 1.29 is 9.90 Å². The molecule has 0 aliphatic heterocycles. The molecule has 0 aliphatic rings. The van der Waals surface area contributed by atoms with Gasteiger partial charge in [-0.1, -0.05) is 36.4 Å². The Kier molecular flexibility index (Phi) is 3.40. The van der Waals surface area contributed by atoms with Gasteiger partial charge in [-0.25, -0.2) is 4.79 Å². The Hall–Kier alpha value is -1.87. The summed E-state index contributed by atoms with van der Waals surface area (Å²) in [4.78, 5) is 12.1. The van der Waals surface area contributed by atoms with E-state index in [0.717, 1.165) is 16.0 Å². The van der Waals surface area contributed by atoms with Crippen molar-refractivity contribution in [2.24, 2.45) is 0 Å². The van der Waals surface area contributed by atoms with E-state index in [1.165, 1.54) is 0 Å². The molecule has 1 N–H and O–H groups in total. The highest BCUT2D eigenvalue weighted by Crippen LogP contribution is 2.30. The molecule has 0 radical (unpaired) electrons. The number of hydrogen-bond donors (Lipinski definition) is 1. The molecule has 17 heavy (non-hydrogen) atoms. The van der Waals surface area contributed by atoms with Crippen molar-refractivity contribution in [3.63, 3.8) is 0 Å². The van der Waals surface area contributed by atoms with Gasteiger partial charge in [-0.15, -0.1) is 11.3 Å². The Morgan fingerprint density at radius 1 is 1.12 bits per heavy atom. The minimum Gasteiger partial charge on any atom is -0.478 e. The van der Waals surface area contributed by atoms with E-state index in [1.54, 1.807) is 18.3 Å². The van der Waals surface area contributed by atoms with Gasteiger partial charge in [-0.05, 0) is 23.9 Å². The number of benzene rings is 1. The van der Waals surface area contributed by atoms with Gasteiger partial charge in [0, 0.05) is 16.0 Å². The normalized spacial score (nSPS) is 12.1. The maximum absolute atomic E-state index is 11.2. The molecule has 0 bridgehead atoms. The van der Waals surface area contributed by atoms with Crippen LogP contribution in [0.1, 0.15) is 17.4 Å². The first-order chi connectivity index (χ1) is 8.20. The van der Waals surface area contributed by atoms with Crippen molar-refractivity contribution in [2.45, 2.75) is 6.92 Å². The summed E-state index contributed by atoms with van der Waals surface area (Å²) in [6.07, 6.45) is 0. The average molecular weight is 244 g/mol. The number of rotatable bonds is 3. The van der Waals surface area contributed by atoms with Crippen molar-refractivity contribution in [3.05, 3.63) is 63.9 Å². The fourth-order valence-electron chi connectivity index (χ4n) is 1.68. The average Bonchev–Trinajstić information content (AvgIpc) is 2.84. The van der Waals surface area contributed by atoms with Crippen LogP contribution in [-0.4, -0.2) is 11.1 Å². The molecule has 0 unspecified atom stereocenters.